The van der Waals surface area contributed by atoms with Gasteiger partial charge < -0.3 is 15.2 Å². The third-order valence-corrected chi connectivity index (χ3v) is 3.07. The number of hydrogen-bond donors (Lipinski definition) is 1. The average Bonchev–Trinajstić information content (AvgIpc) is 2.44. The summed E-state index contributed by atoms with van der Waals surface area (Å²) in [7, 11) is 1.23. The van der Waals surface area contributed by atoms with Crippen molar-refractivity contribution >= 4 is 11.7 Å². The second kappa shape index (κ2) is 5.83. The Morgan fingerprint density at radius 2 is 1.86 bits per heavy atom. The summed E-state index contributed by atoms with van der Waals surface area (Å²) in [6.07, 6.45) is 0. The van der Waals surface area contributed by atoms with Gasteiger partial charge in [0, 0.05) is 17.8 Å². The van der Waals surface area contributed by atoms with E-state index < -0.39 is 11.8 Å². The first-order valence-electron chi connectivity index (χ1n) is 6.35. The molecular weight excluding hydrogens is 273 g/mol. The normalized spacial score (nSPS) is 10.3. The Labute approximate surface area is 122 Å². The van der Waals surface area contributed by atoms with Gasteiger partial charge in [-0.25, -0.2) is 9.18 Å². The molecule has 0 aliphatic rings. The molecule has 110 valence electrons. The molecule has 2 rings (SSSR count). The number of benzene rings is 2. The molecule has 2 N–H and O–H groups in total. The van der Waals surface area contributed by atoms with Crippen LogP contribution in [0.25, 0.3) is 0 Å². The summed E-state index contributed by atoms with van der Waals surface area (Å²) >= 11 is 0. The lowest BCUT2D eigenvalue weighted by molar-refractivity contribution is 0.0601. The molecule has 21 heavy (non-hydrogen) atoms. The van der Waals surface area contributed by atoms with Crippen LogP contribution in [0.5, 0.6) is 11.5 Å². The molecule has 0 saturated heterocycles. The number of hydrogen-bond acceptors (Lipinski definition) is 4. The van der Waals surface area contributed by atoms with Crippen molar-refractivity contribution in [3.8, 4) is 11.5 Å². The topological polar surface area (TPSA) is 61.5 Å². The van der Waals surface area contributed by atoms with E-state index >= 15 is 0 Å². The van der Waals surface area contributed by atoms with E-state index in [1.807, 2.05) is 26.0 Å². The molecular formula is C16H16FNO3. The van der Waals surface area contributed by atoms with Gasteiger partial charge in [0.25, 0.3) is 0 Å². The fraction of sp³-hybridized carbons (Fsp3) is 0.188. The Bertz CT molecular complexity index is 698. The summed E-state index contributed by atoms with van der Waals surface area (Å²) in [5.41, 5.74) is 7.54. The summed E-state index contributed by atoms with van der Waals surface area (Å²) < 4.78 is 24.1. The maximum atomic E-state index is 14.0. The highest BCUT2D eigenvalue weighted by atomic mass is 19.1. The number of carbonyl (C=O) groups excluding carboxylic acids is 1. The highest BCUT2D eigenvalue weighted by molar-refractivity contribution is 5.95. The van der Waals surface area contributed by atoms with Crippen LogP contribution in [0.3, 0.4) is 0 Å². The summed E-state index contributed by atoms with van der Waals surface area (Å²) in [4.78, 5) is 11.6. The number of ether oxygens (including phenoxy) is 2. The molecule has 0 aromatic heterocycles. The van der Waals surface area contributed by atoms with E-state index in [0.717, 1.165) is 17.2 Å². The molecule has 0 unspecified atom stereocenters. The maximum absolute atomic E-state index is 14.0. The zero-order valence-electron chi connectivity index (χ0n) is 12.1. The van der Waals surface area contributed by atoms with Crippen molar-refractivity contribution in [1.29, 1.82) is 0 Å². The standard InChI is InChI=1S/C16H16FNO3/c1-9-4-5-10(2)14(6-9)21-15-7-11(16(19)20-3)13(18)8-12(15)17/h4-8H,18H2,1-3H3. The summed E-state index contributed by atoms with van der Waals surface area (Å²) in [6, 6.07) is 7.90. The summed E-state index contributed by atoms with van der Waals surface area (Å²) in [5.74, 6) is -0.827. The lowest BCUT2D eigenvalue weighted by Gasteiger charge is -2.12. The number of esters is 1. The number of nitrogen functional groups attached to an aromatic ring is 1. The fourth-order valence-corrected chi connectivity index (χ4v) is 1.87. The number of nitrogens with two attached hydrogens (primary N) is 1. The first-order chi connectivity index (χ1) is 9.92. The predicted molar refractivity (Wildman–Crippen MR) is 78.1 cm³/mol. The van der Waals surface area contributed by atoms with Crippen molar-refractivity contribution in [2.45, 2.75) is 13.8 Å². The Morgan fingerprint density at radius 1 is 1.14 bits per heavy atom. The van der Waals surface area contributed by atoms with Crippen molar-refractivity contribution in [1.82, 2.24) is 0 Å². The monoisotopic (exact) mass is 289 g/mol. The van der Waals surface area contributed by atoms with Crippen LogP contribution in [0.1, 0.15) is 21.5 Å². The van der Waals surface area contributed by atoms with Crippen molar-refractivity contribution in [3.63, 3.8) is 0 Å². The molecule has 4 nitrogen and oxygen atoms in total. The molecule has 0 bridgehead atoms. The largest absolute Gasteiger partial charge is 0.465 e. The molecule has 2 aromatic carbocycles. The van der Waals surface area contributed by atoms with Gasteiger partial charge in [-0.2, -0.15) is 0 Å². The number of aryl methyl sites for hydroxylation is 2. The van der Waals surface area contributed by atoms with Crippen LogP contribution in [-0.2, 0) is 4.74 Å². The van der Waals surface area contributed by atoms with Crippen LogP contribution < -0.4 is 10.5 Å². The van der Waals surface area contributed by atoms with E-state index in [-0.39, 0.29) is 17.0 Å². The van der Waals surface area contributed by atoms with Gasteiger partial charge in [0.15, 0.2) is 11.6 Å². The number of anilines is 1. The highest BCUT2D eigenvalue weighted by Crippen LogP contribution is 2.31. The molecule has 0 heterocycles. The molecule has 5 heteroatoms. The second-order valence-corrected chi connectivity index (χ2v) is 4.73. The van der Waals surface area contributed by atoms with Gasteiger partial charge in [0.05, 0.1) is 12.7 Å². The molecule has 0 fully saturated rings. The minimum absolute atomic E-state index is 0.00710. The minimum atomic E-state index is -0.640. The summed E-state index contributed by atoms with van der Waals surface area (Å²) in [6.45, 7) is 3.76. The van der Waals surface area contributed by atoms with Crippen molar-refractivity contribution in [3.05, 3.63) is 52.8 Å². The first-order valence-corrected chi connectivity index (χ1v) is 6.35. The third-order valence-electron chi connectivity index (χ3n) is 3.07. The Hall–Kier alpha value is -2.56. The molecule has 0 radical (unpaired) electrons. The molecule has 0 aliphatic carbocycles. The van der Waals surface area contributed by atoms with E-state index in [1.165, 1.54) is 13.2 Å². The van der Waals surface area contributed by atoms with Crippen molar-refractivity contribution in [2.75, 3.05) is 12.8 Å². The Morgan fingerprint density at radius 3 is 2.52 bits per heavy atom. The van der Waals surface area contributed by atoms with Crippen LogP contribution in [-0.4, -0.2) is 13.1 Å². The van der Waals surface area contributed by atoms with E-state index in [1.54, 1.807) is 6.07 Å². The van der Waals surface area contributed by atoms with Crippen LogP contribution in [0, 0.1) is 19.7 Å². The average molecular weight is 289 g/mol. The van der Waals surface area contributed by atoms with Crippen molar-refractivity contribution in [2.24, 2.45) is 0 Å². The van der Waals surface area contributed by atoms with E-state index in [4.69, 9.17) is 10.5 Å². The van der Waals surface area contributed by atoms with E-state index in [9.17, 15) is 9.18 Å². The third kappa shape index (κ3) is 3.13. The molecule has 0 spiro atoms. The second-order valence-electron chi connectivity index (χ2n) is 4.73. The Balaban J connectivity index is 2.44. The van der Waals surface area contributed by atoms with Gasteiger partial charge >= 0.3 is 5.97 Å². The predicted octanol–water partition coefficient (Wildman–Crippen LogP) is 3.60. The van der Waals surface area contributed by atoms with Crippen LogP contribution >= 0.6 is 0 Å². The number of carbonyl (C=O) groups is 1. The van der Waals surface area contributed by atoms with Crippen LogP contribution in [0.2, 0.25) is 0 Å². The van der Waals surface area contributed by atoms with Gasteiger partial charge in [0.2, 0.25) is 0 Å². The van der Waals surface area contributed by atoms with Gasteiger partial charge in [-0.3, -0.25) is 0 Å². The van der Waals surface area contributed by atoms with Gasteiger partial charge in [0.1, 0.15) is 5.75 Å². The molecule has 0 amide bonds. The zero-order chi connectivity index (χ0) is 15.6. The lowest BCUT2D eigenvalue weighted by atomic mass is 10.1. The van der Waals surface area contributed by atoms with Crippen molar-refractivity contribution < 1.29 is 18.7 Å². The van der Waals surface area contributed by atoms with E-state index in [0.29, 0.717) is 5.75 Å². The minimum Gasteiger partial charge on any atom is -0.465 e. The smallest absolute Gasteiger partial charge is 0.340 e. The number of methoxy groups -OCH3 is 1. The quantitative estimate of drug-likeness (QED) is 0.692. The van der Waals surface area contributed by atoms with Gasteiger partial charge in [-0.1, -0.05) is 12.1 Å². The van der Waals surface area contributed by atoms with Crippen LogP contribution in [0.15, 0.2) is 30.3 Å². The molecule has 0 aliphatic heterocycles. The van der Waals surface area contributed by atoms with Gasteiger partial charge in [-0.15, -0.1) is 0 Å². The molecule has 2 aromatic rings. The fourth-order valence-electron chi connectivity index (χ4n) is 1.87. The van der Waals surface area contributed by atoms with E-state index in [2.05, 4.69) is 4.74 Å². The lowest BCUT2D eigenvalue weighted by Crippen LogP contribution is -2.07. The molecule has 0 atom stereocenters. The van der Waals surface area contributed by atoms with Crippen LogP contribution in [0.4, 0.5) is 10.1 Å². The number of halogens is 1. The zero-order valence-corrected chi connectivity index (χ0v) is 12.1. The molecule has 0 saturated carbocycles. The maximum Gasteiger partial charge on any atom is 0.340 e. The SMILES string of the molecule is COC(=O)c1cc(Oc2cc(C)ccc2C)c(F)cc1N. The Kier molecular flexibility index (Phi) is 4.12. The first kappa shape index (κ1) is 14.8. The van der Waals surface area contributed by atoms with Gasteiger partial charge in [-0.05, 0) is 31.0 Å². The summed E-state index contributed by atoms with van der Waals surface area (Å²) in [5, 5.41) is 0. The number of rotatable bonds is 3. The highest BCUT2D eigenvalue weighted by Gasteiger charge is 2.16.